The summed E-state index contributed by atoms with van der Waals surface area (Å²) in [6.45, 7) is 1.94. The van der Waals surface area contributed by atoms with Gasteiger partial charge in [0.05, 0.1) is 31.1 Å². The monoisotopic (exact) mass is 508 g/mol. The van der Waals surface area contributed by atoms with Crippen LogP contribution in [0.5, 0.6) is 5.75 Å². The molecule has 3 aromatic rings. The summed E-state index contributed by atoms with van der Waals surface area (Å²) in [6, 6.07) is 6.60. The predicted octanol–water partition coefficient (Wildman–Crippen LogP) is 1.57. The summed E-state index contributed by atoms with van der Waals surface area (Å²) in [4.78, 5) is 17.5. The van der Waals surface area contributed by atoms with E-state index in [1.165, 1.54) is 59.3 Å². The van der Waals surface area contributed by atoms with E-state index in [-0.39, 0.29) is 18.0 Å². The lowest BCUT2D eigenvalue weighted by molar-refractivity contribution is -0.123. The summed E-state index contributed by atoms with van der Waals surface area (Å²) in [6.07, 6.45) is 9.00. The maximum atomic E-state index is 15.0. The number of nitrogens with zero attached hydrogens (tertiary/aromatic N) is 6. The van der Waals surface area contributed by atoms with Crippen molar-refractivity contribution in [2.75, 3.05) is 12.1 Å². The third kappa shape index (κ3) is 4.61. The number of halogens is 1. The van der Waals surface area contributed by atoms with Gasteiger partial charge in [0.2, 0.25) is 0 Å². The molecule has 1 fully saturated rings. The fourth-order valence-corrected chi connectivity index (χ4v) is 4.51. The number of anilines is 1. The maximum Gasteiger partial charge on any atom is 0.284 e. The van der Waals surface area contributed by atoms with E-state index in [1.807, 2.05) is 16.7 Å². The van der Waals surface area contributed by atoms with Gasteiger partial charge in [-0.3, -0.25) is 10.2 Å². The Morgan fingerprint density at radius 3 is 2.81 bits per heavy atom. The summed E-state index contributed by atoms with van der Waals surface area (Å²) in [5, 5.41) is 7.60. The van der Waals surface area contributed by atoms with Gasteiger partial charge in [0, 0.05) is 24.2 Å². The van der Waals surface area contributed by atoms with Crippen molar-refractivity contribution in [2.45, 2.75) is 38.3 Å². The van der Waals surface area contributed by atoms with Crippen LogP contribution in [0, 0.1) is 5.82 Å². The first-order valence-corrected chi connectivity index (χ1v) is 11.8. The van der Waals surface area contributed by atoms with Crippen LogP contribution in [-0.4, -0.2) is 38.9 Å². The van der Waals surface area contributed by atoms with Crippen molar-refractivity contribution in [2.24, 2.45) is 22.5 Å². The van der Waals surface area contributed by atoms with E-state index < -0.39 is 17.8 Å². The summed E-state index contributed by atoms with van der Waals surface area (Å²) in [5.74, 6) is 11.0. The SMILES string of the molecule is COc1ccc2c(c1F)C(C)N(NC(=O)/C(N)=C/N(N)Cc1cn3cc(C4CC4)ccc3n1)N2/C=N\N. The van der Waals surface area contributed by atoms with Gasteiger partial charge >= 0.3 is 0 Å². The molecule has 1 aliphatic carbocycles. The highest BCUT2D eigenvalue weighted by molar-refractivity contribution is 5.93. The van der Waals surface area contributed by atoms with Crippen molar-refractivity contribution < 1.29 is 13.9 Å². The molecule has 3 heterocycles. The number of nitrogens with one attached hydrogen (secondary N) is 1. The number of imidazole rings is 1. The number of hydrazone groups is 1. The van der Waals surface area contributed by atoms with E-state index in [4.69, 9.17) is 22.2 Å². The number of pyridine rings is 1. The minimum atomic E-state index is -0.651. The van der Waals surface area contributed by atoms with Gasteiger partial charge in [0.25, 0.3) is 5.91 Å². The number of hydrogen-bond acceptors (Lipinski definition) is 9. The molecule has 1 aromatic carbocycles. The number of carbonyl (C=O) groups excluding carboxylic acids is 1. The molecule has 1 atom stereocenters. The van der Waals surface area contributed by atoms with Crippen molar-refractivity contribution in [3.63, 3.8) is 0 Å². The number of nitrogens with two attached hydrogens (primary N) is 3. The van der Waals surface area contributed by atoms with Crippen LogP contribution in [-0.2, 0) is 11.3 Å². The molecule has 0 bridgehead atoms. The standard InChI is InChI=1S/C24H29FN10O2/c1-14-22-19(6-7-20(37-2)23(22)25)34(13-29-27)35(14)31-24(36)18(26)12-33(28)11-17-10-32-9-16(15-3-4-15)5-8-21(32)30-17/h5-10,12-15H,3-4,11,26-28H2,1-2H3,(H,31,36)/b18-12-,29-13-. The highest BCUT2D eigenvalue weighted by atomic mass is 19.1. The largest absolute Gasteiger partial charge is 0.494 e. The first kappa shape index (κ1) is 24.3. The molecule has 2 aromatic heterocycles. The van der Waals surface area contributed by atoms with Gasteiger partial charge in [0.15, 0.2) is 11.6 Å². The Bertz CT molecular complexity index is 1400. The lowest BCUT2D eigenvalue weighted by Gasteiger charge is -2.29. The van der Waals surface area contributed by atoms with Crippen LogP contribution in [0.15, 0.2) is 53.7 Å². The van der Waals surface area contributed by atoms with E-state index >= 15 is 0 Å². The molecule has 7 N–H and O–H groups in total. The molecule has 13 heteroatoms. The quantitative estimate of drug-likeness (QED) is 0.117. The molecule has 37 heavy (non-hydrogen) atoms. The maximum absolute atomic E-state index is 15.0. The first-order chi connectivity index (χ1) is 17.8. The number of methoxy groups -OCH3 is 1. The lowest BCUT2D eigenvalue weighted by atomic mass is 10.1. The van der Waals surface area contributed by atoms with Gasteiger partial charge in [-0.2, -0.15) is 5.10 Å². The minimum absolute atomic E-state index is 0.0808. The van der Waals surface area contributed by atoms with E-state index in [9.17, 15) is 9.18 Å². The Kier molecular flexibility index (Phi) is 6.31. The Hall–Kier alpha value is -4.36. The Morgan fingerprint density at radius 1 is 1.32 bits per heavy atom. The average molecular weight is 509 g/mol. The number of amides is 1. The van der Waals surface area contributed by atoms with Gasteiger partial charge < -0.3 is 25.7 Å². The molecule has 0 spiro atoms. The molecule has 5 rings (SSSR count). The first-order valence-electron chi connectivity index (χ1n) is 11.8. The normalized spacial score (nSPS) is 18.0. The second-order valence-corrected chi connectivity index (χ2v) is 9.08. The van der Waals surface area contributed by atoms with E-state index in [2.05, 4.69) is 27.8 Å². The molecule has 1 amide bonds. The summed E-state index contributed by atoms with van der Waals surface area (Å²) in [5.41, 5.74) is 12.1. The number of aromatic nitrogens is 2. The number of fused-ring (bicyclic) bond motifs is 2. The van der Waals surface area contributed by atoms with Crippen LogP contribution in [0.3, 0.4) is 0 Å². The van der Waals surface area contributed by atoms with E-state index in [0.29, 0.717) is 17.2 Å². The Balaban J connectivity index is 1.29. The molecule has 1 saturated carbocycles. The highest BCUT2D eigenvalue weighted by Gasteiger charge is 2.38. The van der Waals surface area contributed by atoms with Crippen LogP contribution in [0.2, 0.25) is 0 Å². The molecular weight excluding hydrogens is 479 g/mol. The number of carbonyl (C=O) groups is 1. The zero-order chi connectivity index (χ0) is 26.3. The second kappa shape index (κ2) is 9.59. The zero-order valence-electron chi connectivity index (χ0n) is 20.5. The average Bonchev–Trinajstić information content (AvgIpc) is 3.59. The molecule has 1 unspecified atom stereocenters. The van der Waals surface area contributed by atoms with Gasteiger partial charge in [-0.15, -0.1) is 5.12 Å². The van der Waals surface area contributed by atoms with Crippen molar-refractivity contribution in [3.05, 3.63) is 71.2 Å². The number of rotatable bonds is 8. The van der Waals surface area contributed by atoms with Gasteiger partial charge in [-0.1, -0.05) is 6.07 Å². The third-order valence-electron chi connectivity index (χ3n) is 6.48. The lowest BCUT2D eigenvalue weighted by Crippen LogP contribution is -2.52. The molecule has 2 aliphatic rings. The molecule has 194 valence electrons. The second-order valence-electron chi connectivity index (χ2n) is 9.08. The van der Waals surface area contributed by atoms with Crippen LogP contribution in [0.25, 0.3) is 5.65 Å². The van der Waals surface area contributed by atoms with Crippen LogP contribution in [0.4, 0.5) is 10.1 Å². The van der Waals surface area contributed by atoms with E-state index in [0.717, 1.165) is 11.3 Å². The molecule has 12 nitrogen and oxygen atoms in total. The summed E-state index contributed by atoms with van der Waals surface area (Å²) < 4.78 is 22.1. The van der Waals surface area contributed by atoms with Gasteiger partial charge in [-0.05, 0) is 49.4 Å². The number of hydrazine groups is 3. The van der Waals surface area contributed by atoms with Crippen molar-refractivity contribution in [3.8, 4) is 5.75 Å². The summed E-state index contributed by atoms with van der Waals surface area (Å²) >= 11 is 0. The van der Waals surface area contributed by atoms with Gasteiger partial charge in [-0.25, -0.2) is 20.2 Å². The van der Waals surface area contributed by atoms with Crippen molar-refractivity contribution in [1.82, 2.24) is 24.9 Å². The van der Waals surface area contributed by atoms with Crippen molar-refractivity contribution in [1.29, 1.82) is 0 Å². The number of hydrogen-bond donors (Lipinski definition) is 4. The number of benzene rings is 1. The topological polar surface area (TPSA) is 156 Å². The zero-order valence-corrected chi connectivity index (χ0v) is 20.5. The number of ether oxygens (including phenoxy) is 1. The van der Waals surface area contributed by atoms with Crippen molar-refractivity contribution >= 4 is 23.6 Å². The third-order valence-corrected chi connectivity index (χ3v) is 6.48. The Labute approximate surface area is 212 Å². The highest BCUT2D eigenvalue weighted by Crippen LogP contribution is 2.42. The summed E-state index contributed by atoms with van der Waals surface area (Å²) in [7, 11) is 1.38. The molecule has 0 radical (unpaired) electrons. The fourth-order valence-electron chi connectivity index (χ4n) is 4.51. The fraction of sp³-hybridized carbons (Fsp3) is 0.292. The van der Waals surface area contributed by atoms with E-state index in [1.54, 1.807) is 13.0 Å². The van der Waals surface area contributed by atoms with Crippen LogP contribution in [0.1, 0.15) is 48.5 Å². The molecule has 1 aliphatic heterocycles. The molecular formula is C24H29FN10O2. The minimum Gasteiger partial charge on any atom is -0.494 e. The smallest absolute Gasteiger partial charge is 0.284 e. The van der Waals surface area contributed by atoms with Gasteiger partial charge in [0.1, 0.15) is 17.7 Å². The van der Waals surface area contributed by atoms with Crippen LogP contribution >= 0.6 is 0 Å². The predicted molar refractivity (Wildman–Crippen MR) is 136 cm³/mol. The van der Waals surface area contributed by atoms with Crippen LogP contribution < -0.4 is 32.6 Å². The Morgan fingerprint density at radius 2 is 2.11 bits per heavy atom. The molecule has 0 saturated heterocycles.